The average Bonchev–Trinajstić information content (AvgIpc) is 3.67. The third-order valence-electron chi connectivity index (χ3n) is 13.4. The van der Waals surface area contributed by atoms with Gasteiger partial charge in [0.15, 0.2) is 0 Å². The molecule has 0 aliphatic carbocycles. The third kappa shape index (κ3) is 7.83. The number of benzene rings is 7. The summed E-state index contributed by atoms with van der Waals surface area (Å²) in [6, 6.07) is 48.3. The van der Waals surface area contributed by atoms with Gasteiger partial charge in [-0.25, -0.2) is 15.0 Å². The van der Waals surface area contributed by atoms with Gasteiger partial charge in [-0.05, 0) is 97.3 Å². The number of para-hydroxylation sites is 1. The summed E-state index contributed by atoms with van der Waals surface area (Å²) in [4.78, 5) is 18.0. The Morgan fingerprint density at radius 2 is 1.12 bits per heavy atom. The van der Waals surface area contributed by atoms with Crippen molar-refractivity contribution in [2.24, 2.45) is 0 Å². The van der Waals surface area contributed by atoms with E-state index in [4.69, 9.17) is 15.0 Å². The highest BCUT2D eigenvalue weighted by atomic mass is 32.2. The van der Waals surface area contributed by atoms with Crippen molar-refractivity contribution in [3.63, 3.8) is 0 Å². The molecule has 0 bridgehead atoms. The molecule has 5 nitrogen and oxygen atoms in total. The van der Waals surface area contributed by atoms with E-state index in [1.807, 2.05) is 0 Å². The largest absolute Gasteiger partial charge is 0.507 e. The van der Waals surface area contributed by atoms with Gasteiger partial charge in [-0.3, -0.25) is 4.57 Å². The van der Waals surface area contributed by atoms with Crippen LogP contribution in [0.5, 0.6) is 5.75 Å². The second kappa shape index (κ2) is 15.8. The first kappa shape index (κ1) is 44.3. The summed E-state index contributed by atoms with van der Waals surface area (Å²) in [6.07, 6.45) is 1.72. The fourth-order valence-corrected chi connectivity index (χ4v) is 10.8. The SMILES string of the molecule is CC(C)(C)c1cc(-c2ncnc3c2Sc2cccc4cccc-3c24)cc(-c2cccc3c2nc(-c2cc(C(C)(C)C)cc(C(C)(C)C)c2O)n3-c2ccc(C(C)(C)C)cc2-c2ccccc2)c1. The zero-order chi connectivity index (χ0) is 47.4. The minimum atomic E-state index is -0.331. The van der Waals surface area contributed by atoms with E-state index in [0.29, 0.717) is 11.4 Å². The maximum Gasteiger partial charge on any atom is 0.149 e. The van der Waals surface area contributed by atoms with Crippen LogP contribution in [0.4, 0.5) is 0 Å². The Hall–Kier alpha value is -6.50. The van der Waals surface area contributed by atoms with Crippen LogP contribution in [0.3, 0.4) is 0 Å². The van der Waals surface area contributed by atoms with Gasteiger partial charge in [0, 0.05) is 38.1 Å². The van der Waals surface area contributed by atoms with Gasteiger partial charge < -0.3 is 5.11 Å². The predicted octanol–water partition coefficient (Wildman–Crippen LogP) is 16.7. The molecule has 0 saturated carbocycles. The number of hydrogen-bond donors (Lipinski definition) is 1. The van der Waals surface area contributed by atoms with Crippen LogP contribution in [0.15, 0.2) is 150 Å². The minimum absolute atomic E-state index is 0.0795. The molecule has 0 saturated heterocycles. The topological polar surface area (TPSA) is 63.8 Å². The summed E-state index contributed by atoms with van der Waals surface area (Å²) < 4.78 is 2.30. The predicted molar refractivity (Wildman–Crippen MR) is 282 cm³/mol. The Labute approximate surface area is 400 Å². The maximum atomic E-state index is 12.6. The summed E-state index contributed by atoms with van der Waals surface area (Å²) in [5.74, 6) is 0.949. The number of rotatable bonds is 5. The van der Waals surface area contributed by atoms with Crippen LogP contribution in [0.2, 0.25) is 0 Å². The van der Waals surface area contributed by atoms with Crippen LogP contribution in [-0.4, -0.2) is 24.6 Å². The second-order valence-corrected chi connectivity index (χ2v) is 23.5. The first-order chi connectivity index (χ1) is 31.7. The lowest BCUT2D eigenvalue weighted by molar-refractivity contribution is 0.446. The summed E-state index contributed by atoms with van der Waals surface area (Å²) >= 11 is 1.76. The van der Waals surface area contributed by atoms with E-state index >= 15 is 0 Å². The van der Waals surface area contributed by atoms with Crippen molar-refractivity contribution in [1.29, 1.82) is 0 Å². The maximum absolute atomic E-state index is 12.6. The van der Waals surface area contributed by atoms with Crippen molar-refractivity contribution in [2.75, 3.05) is 0 Å². The van der Waals surface area contributed by atoms with E-state index in [1.54, 1.807) is 18.1 Å². The molecule has 0 spiro atoms. The van der Waals surface area contributed by atoms with Crippen molar-refractivity contribution in [1.82, 2.24) is 19.5 Å². The standard InChI is InChI=1S/C61H60N4OS/c1-58(2,3)40-27-28-48(45(32-40)36-19-14-13-15-20-36)65-49-25-18-23-43(53(49)64-57(65)46-33-42(60(7,8)9)34-47(55(46)66)61(10,11)12)38-29-39(31-41(30-38)59(4,5)6)52-56-54(63-35-62-52)44-24-16-21-37-22-17-26-50(67-56)51(37)44/h13-35,66H,1-12H3. The minimum Gasteiger partial charge on any atom is -0.507 e. The van der Waals surface area contributed by atoms with E-state index in [2.05, 4.69) is 221 Å². The van der Waals surface area contributed by atoms with E-state index in [-0.39, 0.29) is 27.4 Å². The molecule has 1 aliphatic rings. The number of imidazole rings is 1. The van der Waals surface area contributed by atoms with Crippen LogP contribution in [0.1, 0.15) is 105 Å². The van der Waals surface area contributed by atoms with E-state index in [0.717, 1.165) is 77.5 Å². The molecule has 2 aromatic heterocycles. The Morgan fingerprint density at radius 1 is 0.493 bits per heavy atom. The van der Waals surface area contributed by atoms with Crippen LogP contribution in [0.25, 0.3) is 83.6 Å². The van der Waals surface area contributed by atoms with Gasteiger partial charge in [-0.1, -0.05) is 186 Å². The molecule has 67 heavy (non-hydrogen) atoms. The molecule has 1 aliphatic heterocycles. The van der Waals surface area contributed by atoms with Gasteiger partial charge in [-0.15, -0.1) is 0 Å². The van der Waals surface area contributed by atoms with Gasteiger partial charge in [0.2, 0.25) is 0 Å². The fourth-order valence-electron chi connectivity index (χ4n) is 9.53. The molecule has 3 heterocycles. The molecule has 0 amide bonds. The lowest BCUT2D eigenvalue weighted by Gasteiger charge is -2.28. The molecule has 9 aromatic rings. The molecule has 0 radical (unpaired) electrons. The molecule has 0 fully saturated rings. The van der Waals surface area contributed by atoms with E-state index in [1.165, 1.54) is 26.8 Å². The quantitative estimate of drug-likeness (QED) is 0.186. The number of nitrogens with zero attached hydrogens (tertiary/aromatic N) is 4. The Bertz CT molecular complexity index is 3420. The highest BCUT2D eigenvalue weighted by molar-refractivity contribution is 8.00. The molecule has 1 N–H and O–H groups in total. The van der Waals surface area contributed by atoms with E-state index < -0.39 is 0 Å². The number of aromatic hydroxyl groups is 1. The molecule has 7 aromatic carbocycles. The highest BCUT2D eigenvalue weighted by Crippen LogP contribution is 2.51. The summed E-state index contributed by atoms with van der Waals surface area (Å²) in [7, 11) is 0. The number of phenolic OH excluding ortho intramolecular Hbond substituents is 1. The van der Waals surface area contributed by atoms with Gasteiger partial charge in [0.1, 0.15) is 17.9 Å². The van der Waals surface area contributed by atoms with Crippen molar-refractivity contribution in [2.45, 2.75) is 115 Å². The summed E-state index contributed by atoms with van der Waals surface area (Å²) in [5, 5.41) is 15.1. The van der Waals surface area contributed by atoms with Crippen molar-refractivity contribution >= 4 is 33.6 Å². The Kier molecular flexibility index (Phi) is 10.5. The number of phenols is 1. The zero-order valence-electron chi connectivity index (χ0n) is 40.9. The molecule has 0 atom stereocenters. The Balaban J connectivity index is 1.28. The second-order valence-electron chi connectivity index (χ2n) is 22.4. The molecule has 0 unspecified atom stereocenters. The average molecular weight is 897 g/mol. The summed E-state index contributed by atoms with van der Waals surface area (Å²) in [6.45, 7) is 26.8. The first-order valence-electron chi connectivity index (χ1n) is 23.5. The molecule has 6 heteroatoms. The normalized spacial score (nSPS) is 13.1. The van der Waals surface area contributed by atoms with Crippen LogP contribution in [0, 0.1) is 0 Å². The van der Waals surface area contributed by atoms with Crippen LogP contribution < -0.4 is 0 Å². The first-order valence-corrected chi connectivity index (χ1v) is 24.3. The Morgan fingerprint density at radius 3 is 1.82 bits per heavy atom. The lowest BCUT2D eigenvalue weighted by Crippen LogP contribution is -2.17. The van der Waals surface area contributed by atoms with Gasteiger partial charge in [0.05, 0.1) is 38.6 Å². The number of hydrogen-bond acceptors (Lipinski definition) is 5. The fraction of sp³-hybridized carbons (Fsp3) is 0.262. The van der Waals surface area contributed by atoms with Gasteiger partial charge >= 0.3 is 0 Å². The lowest BCUT2D eigenvalue weighted by atomic mass is 9.79. The number of fused-ring (bicyclic) bond motifs is 3. The van der Waals surface area contributed by atoms with Crippen LogP contribution in [-0.2, 0) is 21.7 Å². The smallest absolute Gasteiger partial charge is 0.149 e. The molecule has 10 rings (SSSR count). The molecular weight excluding hydrogens is 837 g/mol. The van der Waals surface area contributed by atoms with Gasteiger partial charge in [0.25, 0.3) is 0 Å². The van der Waals surface area contributed by atoms with Crippen molar-refractivity contribution < 1.29 is 5.11 Å². The third-order valence-corrected chi connectivity index (χ3v) is 14.6. The molecule has 336 valence electrons. The van der Waals surface area contributed by atoms with E-state index in [9.17, 15) is 5.11 Å². The molecular formula is C61H60N4OS. The van der Waals surface area contributed by atoms with Crippen LogP contribution >= 0.6 is 11.8 Å². The summed E-state index contributed by atoms with van der Waals surface area (Å²) in [5.41, 5.74) is 15.5. The number of aromatic nitrogens is 4. The van der Waals surface area contributed by atoms with Crippen molar-refractivity contribution in [3.05, 3.63) is 162 Å². The van der Waals surface area contributed by atoms with Crippen molar-refractivity contribution in [3.8, 4) is 67.6 Å². The monoisotopic (exact) mass is 896 g/mol. The zero-order valence-corrected chi connectivity index (χ0v) is 41.7. The highest BCUT2D eigenvalue weighted by Gasteiger charge is 2.31. The van der Waals surface area contributed by atoms with Gasteiger partial charge in [-0.2, -0.15) is 0 Å².